The zero-order valence-corrected chi connectivity index (χ0v) is 16.6. The molecule has 0 aromatic heterocycles. The molecule has 0 aliphatic heterocycles. The standard InChI is InChI=1S/C11H14O2.C10H14.C2H6.4CH4/c1-3-8(2)9-4-6-10(7-5-9)11(12)13;1-3-9(2)10-7-5-4-6-8-10;1-2;;;;/h4-8H,3H2,1-2H3,(H,12,13);4-9H,3H2,1-2H3;1-2H3;4*1H4. The number of aromatic carboxylic acids is 1. The summed E-state index contributed by atoms with van der Waals surface area (Å²) in [5.41, 5.74) is 3.00. The Kier molecular flexibility index (Phi) is 28.8. The van der Waals surface area contributed by atoms with Crippen LogP contribution in [0.1, 0.15) is 117 Å². The minimum atomic E-state index is -0.865. The van der Waals surface area contributed by atoms with E-state index in [-0.39, 0.29) is 29.7 Å². The first-order valence-corrected chi connectivity index (χ1v) is 9.37. The Morgan fingerprint density at radius 1 is 0.724 bits per heavy atom. The van der Waals surface area contributed by atoms with Gasteiger partial charge in [0.1, 0.15) is 0 Å². The molecule has 0 aliphatic rings. The van der Waals surface area contributed by atoms with Gasteiger partial charge in [-0.3, -0.25) is 0 Å². The second kappa shape index (κ2) is 22.2. The molecular formula is C27H50O2. The van der Waals surface area contributed by atoms with Crippen LogP contribution < -0.4 is 0 Å². The van der Waals surface area contributed by atoms with Gasteiger partial charge in [0, 0.05) is 0 Å². The van der Waals surface area contributed by atoms with E-state index >= 15 is 0 Å². The van der Waals surface area contributed by atoms with Crippen LogP contribution in [0.4, 0.5) is 0 Å². The van der Waals surface area contributed by atoms with E-state index in [1.54, 1.807) is 12.1 Å². The number of carboxylic acids is 1. The summed E-state index contributed by atoms with van der Waals surface area (Å²) in [6, 6.07) is 17.7. The number of benzene rings is 2. The molecule has 2 unspecified atom stereocenters. The summed E-state index contributed by atoms with van der Waals surface area (Å²) in [6.07, 6.45) is 2.30. The lowest BCUT2D eigenvalue weighted by Gasteiger charge is -2.08. The summed E-state index contributed by atoms with van der Waals surface area (Å²) in [6.45, 7) is 12.7. The van der Waals surface area contributed by atoms with Gasteiger partial charge in [-0.1, -0.05) is 114 Å². The van der Waals surface area contributed by atoms with Crippen LogP contribution in [0.5, 0.6) is 0 Å². The van der Waals surface area contributed by atoms with Crippen molar-refractivity contribution in [2.24, 2.45) is 0 Å². The number of hydrogen-bond acceptors (Lipinski definition) is 1. The minimum absolute atomic E-state index is 0. The van der Waals surface area contributed by atoms with Gasteiger partial charge >= 0.3 is 5.97 Å². The molecule has 2 atom stereocenters. The van der Waals surface area contributed by atoms with Gasteiger partial charge in [0.15, 0.2) is 0 Å². The summed E-state index contributed by atoms with van der Waals surface area (Å²) >= 11 is 0. The van der Waals surface area contributed by atoms with Gasteiger partial charge in [0.25, 0.3) is 0 Å². The molecule has 1 N–H and O–H groups in total. The molecule has 0 radical (unpaired) electrons. The molecule has 29 heavy (non-hydrogen) atoms. The fourth-order valence-electron chi connectivity index (χ4n) is 2.21. The van der Waals surface area contributed by atoms with Crippen molar-refractivity contribution in [2.75, 3.05) is 0 Å². The third-order valence-corrected chi connectivity index (χ3v) is 4.32. The Hall–Kier alpha value is -2.09. The van der Waals surface area contributed by atoms with E-state index in [0.717, 1.165) is 6.42 Å². The summed E-state index contributed by atoms with van der Waals surface area (Å²) < 4.78 is 0. The third kappa shape index (κ3) is 14.5. The summed E-state index contributed by atoms with van der Waals surface area (Å²) in [5.74, 6) is 0.347. The maximum absolute atomic E-state index is 10.6. The Labute approximate surface area is 183 Å². The summed E-state index contributed by atoms with van der Waals surface area (Å²) in [5, 5.41) is 8.67. The van der Waals surface area contributed by atoms with Crippen LogP contribution in [-0.4, -0.2) is 11.1 Å². The van der Waals surface area contributed by atoms with Crippen molar-refractivity contribution in [1.29, 1.82) is 0 Å². The molecule has 170 valence electrons. The van der Waals surface area contributed by atoms with E-state index in [2.05, 4.69) is 58.0 Å². The van der Waals surface area contributed by atoms with Gasteiger partial charge in [-0.15, -0.1) is 0 Å². The van der Waals surface area contributed by atoms with Crippen LogP contribution in [0.3, 0.4) is 0 Å². The molecule has 2 aromatic carbocycles. The van der Waals surface area contributed by atoms with Crippen molar-refractivity contribution in [3.63, 3.8) is 0 Å². The van der Waals surface area contributed by atoms with Gasteiger partial charge in [-0.25, -0.2) is 4.79 Å². The number of hydrogen-bond donors (Lipinski definition) is 1. The molecule has 0 saturated heterocycles. The number of carboxylic acid groups (broad SMARTS) is 1. The monoisotopic (exact) mass is 406 g/mol. The molecule has 0 bridgehead atoms. The van der Waals surface area contributed by atoms with E-state index in [1.807, 2.05) is 26.0 Å². The molecule has 2 heteroatoms. The lowest BCUT2D eigenvalue weighted by atomic mass is 9.98. The van der Waals surface area contributed by atoms with E-state index < -0.39 is 5.97 Å². The number of rotatable bonds is 5. The molecule has 0 amide bonds. The van der Waals surface area contributed by atoms with Crippen LogP contribution >= 0.6 is 0 Å². The predicted molar refractivity (Wildman–Crippen MR) is 136 cm³/mol. The van der Waals surface area contributed by atoms with Crippen LogP contribution in [0, 0.1) is 0 Å². The molecule has 2 aromatic rings. The molecule has 0 saturated carbocycles. The Morgan fingerprint density at radius 2 is 1.07 bits per heavy atom. The quantitative estimate of drug-likeness (QED) is 0.536. The van der Waals surface area contributed by atoms with Gasteiger partial charge < -0.3 is 5.11 Å². The van der Waals surface area contributed by atoms with Crippen molar-refractivity contribution < 1.29 is 9.90 Å². The highest BCUT2D eigenvalue weighted by Crippen LogP contribution is 2.18. The van der Waals surface area contributed by atoms with Crippen LogP contribution in [0.15, 0.2) is 54.6 Å². The molecule has 0 heterocycles. The lowest BCUT2D eigenvalue weighted by Crippen LogP contribution is -1.97. The van der Waals surface area contributed by atoms with Gasteiger partial charge in [0.05, 0.1) is 5.56 Å². The average Bonchev–Trinajstić information content (AvgIpc) is 2.69. The minimum Gasteiger partial charge on any atom is -0.478 e. The van der Waals surface area contributed by atoms with Crippen LogP contribution in [0.2, 0.25) is 0 Å². The van der Waals surface area contributed by atoms with Crippen molar-refractivity contribution in [3.05, 3.63) is 71.3 Å². The Bertz CT molecular complexity index is 573. The first-order chi connectivity index (χ1) is 12.0. The Morgan fingerprint density at radius 3 is 1.38 bits per heavy atom. The fraction of sp³-hybridized carbons (Fsp3) is 0.519. The maximum atomic E-state index is 10.6. The zero-order valence-electron chi connectivity index (χ0n) is 16.6. The zero-order chi connectivity index (χ0) is 19.2. The highest BCUT2D eigenvalue weighted by atomic mass is 16.4. The van der Waals surface area contributed by atoms with Gasteiger partial charge in [-0.2, -0.15) is 0 Å². The largest absolute Gasteiger partial charge is 0.478 e. The third-order valence-electron chi connectivity index (χ3n) is 4.32. The number of carbonyl (C=O) groups is 1. The van der Waals surface area contributed by atoms with E-state index in [4.69, 9.17) is 5.11 Å². The topological polar surface area (TPSA) is 37.3 Å². The predicted octanol–water partition coefficient (Wildman–Crippen LogP) is 9.67. The smallest absolute Gasteiger partial charge is 0.335 e. The van der Waals surface area contributed by atoms with Crippen molar-refractivity contribution in [1.82, 2.24) is 0 Å². The summed E-state index contributed by atoms with van der Waals surface area (Å²) in [4.78, 5) is 10.6. The molecule has 2 nitrogen and oxygen atoms in total. The normalized spacial score (nSPS) is 10.3. The van der Waals surface area contributed by atoms with Crippen LogP contribution in [0.25, 0.3) is 0 Å². The van der Waals surface area contributed by atoms with E-state index in [9.17, 15) is 4.79 Å². The average molecular weight is 407 g/mol. The highest BCUT2D eigenvalue weighted by Gasteiger charge is 2.05. The second-order valence-electron chi connectivity index (χ2n) is 5.96. The van der Waals surface area contributed by atoms with E-state index in [1.165, 1.54) is 17.5 Å². The molecule has 0 aliphatic carbocycles. The van der Waals surface area contributed by atoms with Gasteiger partial charge in [0.2, 0.25) is 0 Å². The molecule has 2 rings (SSSR count). The van der Waals surface area contributed by atoms with Crippen molar-refractivity contribution >= 4 is 5.97 Å². The highest BCUT2D eigenvalue weighted by molar-refractivity contribution is 5.87. The summed E-state index contributed by atoms with van der Waals surface area (Å²) in [7, 11) is 0. The van der Waals surface area contributed by atoms with Gasteiger partial charge in [-0.05, 0) is 47.9 Å². The molecular weight excluding hydrogens is 356 g/mol. The molecule has 0 spiro atoms. The SMILES string of the molecule is C.C.C.C.CC.CCC(C)c1ccc(C(=O)O)cc1.CCC(C)c1ccccc1. The molecule has 0 fully saturated rings. The van der Waals surface area contributed by atoms with Crippen LogP contribution in [-0.2, 0) is 0 Å². The maximum Gasteiger partial charge on any atom is 0.335 e. The first kappa shape index (κ1) is 37.6. The van der Waals surface area contributed by atoms with Crippen molar-refractivity contribution in [3.8, 4) is 0 Å². The lowest BCUT2D eigenvalue weighted by molar-refractivity contribution is 0.0697. The fourth-order valence-corrected chi connectivity index (χ4v) is 2.21. The second-order valence-corrected chi connectivity index (χ2v) is 5.96. The van der Waals surface area contributed by atoms with Crippen molar-refractivity contribution in [2.45, 2.75) is 95.9 Å². The van der Waals surface area contributed by atoms with E-state index in [0.29, 0.717) is 17.4 Å². The Balaban J connectivity index is -0.000000110. The first-order valence-electron chi connectivity index (χ1n) is 9.37.